The number of morpholine rings is 1. The van der Waals surface area contributed by atoms with E-state index < -0.39 is 36.3 Å². The van der Waals surface area contributed by atoms with Gasteiger partial charge in [0, 0.05) is 31.7 Å². The van der Waals surface area contributed by atoms with E-state index in [1.807, 2.05) is 0 Å². The summed E-state index contributed by atoms with van der Waals surface area (Å²) >= 11 is 6.00. The van der Waals surface area contributed by atoms with Crippen LogP contribution in [0.2, 0.25) is 5.02 Å². The van der Waals surface area contributed by atoms with Crippen molar-refractivity contribution in [2.45, 2.75) is 50.6 Å². The van der Waals surface area contributed by atoms with E-state index in [9.17, 15) is 19.2 Å². The van der Waals surface area contributed by atoms with Gasteiger partial charge in [-0.2, -0.15) is 0 Å². The van der Waals surface area contributed by atoms with Crippen LogP contribution < -0.4 is 16.4 Å². The first-order valence-electron chi connectivity index (χ1n) is 12.8. The topological polar surface area (TPSA) is 153 Å². The lowest BCUT2D eigenvalue weighted by atomic mass is 10.1. The van der Waals surface area contributed by atoms with Crippen molar-refractivity contribution in [2.24, 2.45) is 0 Å². The molecule has 0 saturated carbocycles. The average molecular weight is 552 g/mol. The molecule has 3 heterocycles. The summed E-state index contributed by atoms with van der Waals surface area (Å²) in [6.07, 6.45) is 0.210. The summed E-state index contributed by atoms with van der Waals surface area (Å²) in [5.41, 5.74) is 6.30. The fourth-order valence-corrected chi connectivity index (χ4v) is 4.95. The Hall–Kier alpha value is -2.93. The number of likely N-dealkylation sites (tertiary alicyclic amines) is 1. The zero-order valence-electron chi connectivity index (χ0n) is 21.3. The van der Waals surface area contributed by atoms with E-state index in [1.54, 1.807) is 6.92 Å². The van der Waals surface area contributed by atoms with Crippen LogP contribution in [-0.2, 0) is 28.6 Å². The SMILES string of the molecule is CC(NC(=O)c1ccc(N)c(Cl)c1)C(=O)N1CCCC1C(=O)NC1CC(=O)OC1OCCN1CCOCC1. The summed E-state index contributed by atoms with van der Waals surface area (Å²) in [4.78, 5) is 54.5. The largest absolute Gasteiger partial charge is 0.433 e. The molecule has 4 unspecified atom stereocenters. The van der Waals surface area contributed by atoms with Gasteiger partial charge in [0.25, 0.3) is 5.91 Å². The molecule has 3 aliphatic rings. The number of benzene rings is 1. The van der Waals surface area contributed by atoms with Crippen LogP contribution in [0, 0.1) is 0 Å². The van der Waals surface area contributed by atoms with E-state index in [4.69, 9.17) is 31.5 Å². The monoisotopic (exact) mass is 551 g/mol. The lowest BCUT2D eigenvalue weighted by Gasteiger charge is -2.29. The zero-order valence-corrected chi connectivity index (χ0v) is 22.1. The number of rotatable bonds is 9. The number of esters is 1. The average Bonchev–Trinajstić information content (AvgIpc) is 3.52. The molecule has 208 valence electrons. The number of carbonyl (C=O) groups is 4. The molecule has 4 atom stereocenters. The van der Waals surface area contributed by atoms with Crippen molar-refractivity contribution in [3.63, 3.8) is 0 Å². The van der Waals surface area contributed by atoms with Gasteiger partial charge in [-0.15, -0.1) is 0 Å². The molecular formula is C25H34ClN5O7. The third kappa shape index (κ3) is 6.93. The van der Waals surface area contributed by atoms with Crippen molar-refractivity contribution in [1.29, 1.82) is 0 Å². The fourth-order valence-electron chi connectivity index (χ4n) is 4.77. The van der Waals surface area contributed by atoms with Gasteiger partial charge in [0.1, 0.15) is 18.1 Å². The molecule has 0 aliphatic carbocycles. The second-order valence-electron chi connectivity index (χ2n) is 9.62. The summed E-state index contributed by atoms with van der Waals surface area (Å²) < 4.78 is 16.4. The van der Waals surface area contributed by atoms with Crippen molar-refractivity contribution in [3.05, 3.63) is 28.8 Å². The van der Waals surface area contributed by atoms with Crippen LogP contribution in [-0.4, -0.2) is 104 Å². The van der Waals surface area contributed by atoms with E-state index in [1.165, 1.54) is 23.1 Å². The molecule has 38 heavy (non-hydrogen) atoms. The van der Waals surface area contributed by atoms with Crippen LogP contribution >= 0.6 is 11.6 Å². The molecule has 1 aromatic carbocycles. The number of hydrogen-bond donors (Lipinski definition) is 3. The number of nitrogen functional groups attached to an aromatic ring is 1. The molecule has 12 nitrogen and oxygen atoms in total. The van der Waals surface area contributed by atoms with Crippen molar-refractivity contribution in [2.75, 3.05) is 51.7 Å². The minimum absolute atomic E-state index is 0.00869. The quantitative estimate of drug-likeness (QED) is 0.287. The van der Waals surface area contributed by atoms with Crippen LogP contribution in [0.3, 0.4) is 0 Å². The highest BCUT2D eigenvalue weighted by Crippen LogP contribution is 2.22. The number of carbonyl (C=O) groups excluding carboxylic acids is 4. The van der Waals surface area contributed by atoms with Gasteiger partial charge < -0.3 is 35.5 Å². The number of halogens is 1. The van der Waals surface area contributed by atoms with Gasteiger partial charge in [-0.3, -0.25) is 24.1 Å². The van der Waals surface area contributed by atoms with Crippen LogP contribution in [0.5, 0.6) is 0 Å². The molecule has 0 radical (unpaired) electrons. The number of cyclic esters (lactones) is 1. The van der Waals surface area contributed by atoms with Crippen molar-refractivity contribution in [3.8, 4) is 0 Å². The number of ether oxygens (including phenoxy) is 3. The Kier molecular flexibility index (Phi) is 9.42. The third-order valence-corrected chi connectivity index (χ3v) is 7.23. The van der Waals surface area contributed by atoms with Crippen molar-refractivity contribution >= 4 is 41.0 Å². The second-order valence-corrected chi connectivity index (χ2v) is 10.0. The summed E-state index contributed by atoms with van der Waals surface area (Å²) in [5, 5.41) is 5.74. The van der Waals surface area contributed by atoms with Gasteiger partial charge in [0.05, 0.1) is 37.0 Å². The van der Waals surface area contributed by atoms with Gasteiger partial charge in [-0.25, -0.2) is 0 Å². The van der Waals surface area contributed by atoms with Gasteiger partial charge >= 0.3 is 5.97 Å². The number of nitrogens with two attached hydrogens (primary N) is 1. The van der Waals surface area contributed by atoms with E-state index in [-0.39, 0.29) is 28.8 Å². The lowest BCUT2D eigenvalue weighted by Crippen LogP contribution is -2.54. The highest BCUT2D eigenvalue weighted by molar-refractivity contribution is 6.33. The first-order chi connectivity index (χ1) is 18.2. The molecule has 1 aromatic rings. The third-order valence-electron chi connectivity index (χ3n) is 6.90. The predicted octanol–water partition coefficient (Wildman–Crippen LogP) is 0.138. The van der Waals surface area contributed by atoms with Gasteiger partial charge in [0.2, 0.25) is 18.1 Å². The summed E-state index contributed by atoms with van der Waals surface area (Å²) in [7, 11) is 0. The van der Waals surface area contributed by atoms with Crippen molar-refractivity contribution < 1.29 is 33.4 Å². The number of anilines is 1. The Morgan fingerprint density at radius 3 is 2.74 bits per heavy atom. The summed E-state index contributed by atoms with van der Waals surface area (Å²) in [6, 6.07) is 2.22. The highest BCUT2D eigenvalue weighted by atomic mass is 35.5. The smallest absolute Gasteiger partial charge is 0.310 e. The summed E-state index contributed by atoms with van der Waals surface area (Å²) in [5.74, 6) is -1.70. The van der Waals surface area contributed by atoms with Crippen LogP contribution in [0.15, 0.2) is 18.2 Å². The minimum Gasteiger partial charge on any atom is -0.433 e. The first-order valence-corrected chi connectivity index (χ1v) is 13.2. The number of amides is 3. The first kappa shape index (κ1) is 28.1. The molecule has 4 rings (SSSR count). The number of hydrogen-bond acceptors (Lipinski definition) is 9. The molecular weight excluding hydrogens is 518 g/mol. The normalized spacial score (nSPS) is 24.6. The Labute approximate surface area is 226 Å². The molecule has 0 bridgehead atoms. The molecule has 3 fully saturated rings. The Morgan fingerprint density at radius 1 is 1.24 bits per heavy atom. The molecule has 13 heteroatoms. The molecule has 0 aromatic heterocycles. The maximum atomic E-state index is 13.2. The maximum absolute atomic E-state index is 13.2. The van der Waals surface area contributed by atoms with E-state index >= 15 is 0 Å². The van der Waals surface area contributed by atoms with Crippen LogP contribution in [0.25, 0.3) is 0 Å². The second kappa shape index (κ2) is 12.7. The zero-order chi connectivity index (χ0) is 27.2. The van der Waals surface area contributed by atoms with Crippen molar-refractivity contribution in [1.82, 2.24) is 20.4 Å². The molecule has 3 aliphatic heterocycles. The minimum atomic E-state index is -0.886. The Balaban J connectivity index is 1.30. The van der Waals surface area contributed by atoms with E-state index in [2.05, 4.69) is 15.5 Å². The highest BCUT2D eigenvalue weighted by Gasteiger charge is 2.41. The molecule has 3 amide bonds. The van der Waals surface area contributed by atoms with Crippen LogP contribution in [0.4, 0.5) is 5.69 Å². The van der Waals surface area contributed by atoms with Gasteiger partial charge in [-0.1, -0.05) is 11.6 Å². The number of nitrogens with zero attached hydrogens (tertiary/aromatic N) is 2. The standard InChI is InChI=1S/C25H34ClN5O7/c1-15(28-22(33)16-4-5-18(27)17(26)13-16)24(35)31-6-2-3-20(31)23(34)29-19-14-21(32)38-25(19)37-12-9-30-7-10-36-11-8-30/h4-5,13,15,19-20,25H,2-3,6-12,14,27H2,1H3,(H,28,33)(H,29,34). The van der Waals surface area contributed by atoms with E-state index in [0.29, 0.717) is 51.4 Å². The van der Waals surface area contributed by atoms with E-state index in [0.717, 1.165) is 13.1 Å². The lowest BCUT2D eigenvalue weighted by molar-refractivity contribution is -0.166. The maximum Gasteiger partial charge on any atom is 0.310 e. The molecule has 3 saturated heterocycles. The fraction of sp³-hybridized carbons (Fsp3) is 0.600. The predicted molar refractivity (Wildman–Crippen MR) is 137 cm³/mol. The van der Waals surface area contributed by atoms with Crippen LogP contribution in [0.1, 0.15) is 36.5 Å². The number of nitrogens with one attached hydrogen (secondary N) is 2. The van der Waals surface area contributed by atoms with Gasteiger partial charge in [0.15, 0.2) is 0 Å². The Morgan fingerprint density at radius 2 is 2.00 bits per heavy atom. The van der Waals surface area contributed by atoms with Gasteiger partial charge in [-0.05, 0) is 38.0 Å². The Bertz CT molecular complexity index is 1050. The molecule has 0 spiro atoms. The molecule has 4 N–H and O–H groups in total. The summed E-state index contributed by atoms with van der Waals surface area (Å²) in [6.45, 7) is 5.91.